The largest absolute Gasteiger partial charge is 0.339 e. The Morgan fingerprint density at radius 1 is 1.00 bits per heavy atom. The summed E-state index contributed by atoms with van der Waals surface area (Å²) in [7, 11) is 0. The van der Waals surface area contributed by atoms with Crippen molar-refractivity contribution in [2.24, 2.45) is 10.2 Å². The second-order valence-corrected chi connectivity index (χ2v) is 4.29. The highest BCUT2D eigenvalue weighted by atomic mass is 32.2. The maximum absolute atomic E-state index is 5.71. The van der Waals surface area contributed by atoms with Gasteiger partial charge in [0.05, 0.1) is 0 Å². The van der Waals surface area contributed by atoms with Gasteiger partial charge >= 0.3 is 0 Å². The van der Waals surface area contributed by atoms with Gasteiger partial charge in [-0.3, -0.25) is 0 Å². The third kappa shape index (κ3) is 2.38. The molecule has 0 saturated carbocycles. The van der Waals surface area contributed by atoms with Gasteiger partial charge in [0.2, 0.25) is 0 Å². The van der Waals surface area contributed by atoms with E-state index < -0.39 is 5.79 Å². The van der Waals surface area contributed by atoms with Crippen LogP contribution in [-0.2, 0) is 9.47 Å². The van der Waals surface area contributed by atoms with Crippen LogP contribution in [0.15, 0.2) is 10.2 Å². The first kappa shape index (κ1) is 13.0. The summed E-state index contributed by atoms with van der Waals surface area (Å²) in [5.41, 5.74) is 0. The zero-order chi connectivity index (χ0) is 11.3. The lowest BCUT2D eigenvalue weighted by Crippen LogP contribution is -2.47. The molecule has 0 amide bonds. The Morgan fingerprint density at radius 2 is 1.40 bits per heavy atom. The summed E-state index contributed by atoms with van der Waals surface area (Å²) in [5.74, 6) is -0.845. The average molecular weight is 248 g/mol. The molecule has 1 aliphatic heterocycles. The summed E-state index contributed by atoms with van der Waals surface area (Å²) in [5, 5.41) is 9.74. The smallest absolute Gasteiger partial charge is 0.273 e. The molecule has 1 aliphatic rings. The number of thioether (sulfide) groups is 2. The van der Waals surface area contributed by atoms with Crippen LogP contribution in [0.5, 0.6) is 0 Å². The fraction of sp³-hybridized carbons (Fsp3) is 0.778. The van der Waals surface area contributed by atoms with Crippen LogP contribution in [0.3, 0.4) is 0 Å². The van der Waals surface area contributed by atoms with Gasteiger partial charge < -0.3 is 9.47 Å². The molecule has 0 aromatic carbocycles. The lowest BCUT2D eigenvalue weighted by molar-refractivity contribution is -0.130. The molecule has 0 aliphatic carbocycles. The average Bonchev–Trinajstić information content (AvgIpc) is 2.57. The zero-order valence-corrected chi connectivity index (χ0v) is 11.1. The molecule has 0 unspecified atom stereocenters. The molecule has 0 atom stereocenters. The molecule has 4 nitrogen and oxygen atoms in total. The molecule has 0 bridgehead atoms. The van der Waals surface area contributed by atoms with Gasteiger partial charge in [0.15, 0.2) is 10.1 Å². The first-order valence-electron chi connectivity index (χ1n) is 4.77. The van der Waals surface area contributed by atoms with Crippen molar-refractivity contribution in [2.45, 2.75) is 19.6 Å². The maximum atomic E-state index is 5.71. The Bertz CT molecular complexity index is 251. The maximum Gasteiger partial charge on any atom is 0.273 e. The van der Waals surface area contributed by atoms with E-state index in [0.717, 1.165) is 10.1 Å². The molecule has 6 heteroatoms. The van der Waals surface area contributed by atoms with Crippen LogP contribution < -0.4 is 0 Å². The van der Waals surface area contributed by atoms with Crippen molar-refractivity contribution in [1.82, 2.24) is 0 Å². The fourth-order valence-corrected chi connectivity index (χ4v) is 2.64. The van der Waals surface area contributed by atoms with Crippen molar-refractivity contribution < 1.29 is 9.47 Å². The Labute approximate surface area is 98.9 Å². The summed E-state index contributed by atoms with van der Waals surface area (Å²) in [6.45, 7) is 5.02. The predicted molar refractivity (Wildman–Crippen MR) is 67.9 cm³/mol. The lowest BCUT2D eigenvalue weighted by atomic mass is 10.3. The Kier molecular flexibility index (Phi) is 5.11. The zero-order valence-electron chi connectivity index (χ0n) is 9.44. The Balaban J connectivity index is 2.97. The minimum atomic E-state index is -0.845. The van der Waals surface area contributed by atoms with E-state index >= 15 is 0 Å². The number of nitrogens with zero attached hydrogens (tertiary/aromatic N) is 2. The standard InChI is InChI=1S/C9H16N2O2S2/c1-5-12-9(13-6-2)7(14-3)10-11-8(9)15-4/h5-6H2,1-4H3. The van der Waals surface area contributed by atoms with Crippen LogP contribution in [0, 0.1) is 0 Å². The number of hydrogen-bond donors (Lipinski definition) is 0. The molecule has 0 aromatic heterocycles. The van der Waals surface area contributed by atoms with Crippen LogP contribution in [0.2, 0.25) is 0 Å². The van der Waals surface area contributed by atoms with E-state index in [0.29, 0.717) is 13.2 Å². The molecular formula is C9H16N2O2S2. The van der Waals surface area contributed by atoms with Crippen LogP contribution in [0.25, 0.3) is 0 Å². The minimum absolute atomic E-state index is 0.569. The van der Waals surface area contributed by atoms with Gasteiger partial charge in [-0.25, -0.2) is 0 Å². The second-order valence-electron chi connectivity index (χ2n) is 2.70. The van der Waals surface area contributed by atoms with Crippen molar-refractivity contribution >= 4 is 33.6 Å². The van der Waals surface area contributed by atoms with E-state index in [1.54, 1.807) is 0 Å². The van der Waals surface area contributed by atoms with Crippen molar-refractivity contribution in [3.8, 4) is 0 Å². The molecule has 86 valence electrons. The van der Waals surface area contributed by atoms with E-state index in [1.165, 1.54) is 23.5 Å². The van der Waals surface area contributed by atoms with Gasteiger partial charge in [-0.1, -0.05) is 0 Å². The Morgan fingerprint density at radius 3 is 1.67 bits per heavy atom. The highest BCUT2D eigenvalue weighted by Crippen LogP contribution is 2.32. The van der Waals surface area contributed by atoms with Crippen molar-refractivity contribution in [1.29, 1.82) is 0 Å². The molecule has 0 radical (unpaired) electrons. The third-order valence-corrected chi connectivity index (χ3v) is 3.35. The molecular weight excluding hydrogens is 232 g/mol. The normalized spacial score (nSPS) is 18.9. The van der Waals surface area contributed by atoms with Crippen LogP contribution >= 0.6 is 23.5 Å². The van der Waals surface area contributed by atoms with Gasteiger partial charge in [0.1, 0.15) is 0 Å². The molecule has 0 aromatic rings. The molecule has 0 N–H and O–H groups in total. The van der Waals surface area contributed by atoms with Gasteiger partial charge in [-0.05, 0) is 26.4 Å². The van der Waals surface area contributed by atoms with Crippen LogP contribution in [-0.4, -0.2) is 41.6 Å². The summed E-state index contributed by atoms with van der Waals surface area (Å²) in [6, 6.07) is 0. The molecule has 0 saturated heterocycles. The summed E-state index contributed by atoms with van der Waals surface area (Å²) < 4.78 is 11.4. The lowest BCUT2D eigenvalue weighted by Gasteiger charge is -2.29. The Hall–Kier alpha value is -0.0400. The molecule has 0 fully saturated rings. The summed E-state index contributed by atoms with van der Waals surface area (Å²) >= 11 is 3.02. The predicted octanol–water partition coefficient (Wildman–Crippen LogP) is 2.21. The third-order valence-electron chi connectivity index (χ3n) is 1.88. The van der Waals surface area contributed by atoms with Gasteiger partial charge in [-0.15, -0.1) is 33.7 Å². The van der Waals surface area contributed by atoms with Gasteiger partial charge in [0, 0.05) is 13.2 Å². The molecule has 1 heterocycles. The quantitative estimate of drug-likeness (QED) is 0.715. The molecule has 0 spiro atoms. The van der Waals surface area contributed by atoms with Crippen molar-refractivity contribution in [2.75, 3.05) is 25.7 Å². The van der Waals surface area contributed by atoms with Crippen LogP contribution in [0.1, 0.15) is 13.8 Å². The van der Waals surface area contributed by atoms with E-state index in [9.17, 15) is 0 Å². The number of ether oxygens (including phenoxy) is 2. The van der Waals surface area contributed by atoms with E-state index in [1.807, 2.05) is 26.4 Å². The van der Waals surface area contributed by atoms with E-state index in [2.05, 4.69) is 10.2 Å². The van der Waals surface area contributed by atoms with Gasteiger partial charge in [-0.2, -0.15) is 0 Å². The number of rotatable bonds is 4. The summed E-state index contributed by atoms with van der Waals surface area (Å²) in [6.07, 6.45) is 3.90. The fourth-order valence-electron chi connectivity index (χ4n) is 1.36. The van der Waals surface area contributed by atoms with E-state index in [4.69, 9.17) is 9.47 Å². The SMILES string of the molecule is CCOC1(OCC)C(SC)=NN=C1SC. The van der Waals surface area contributed by atoms with E-state index in [-0.39, 0.29) is 0 Å². The first-order chi connectivity index (χ1) is 7.25. The molecule has 15 heavy (non-hydrogen) atoms. The van der Waals surface area contributed by atoms with Crippen molar-refractivity contribution in [3.63, 3.8) is 0 Å². The monoisotopic (exact) mass is 248 g/mol. The highest BCUT2D eigenvalue weighted by molar-refractivity contribution is 8.16. The van der Waals surface area contributed by atoms with Gasteiger partial charge in [0.25, 0.3) is 5.79 Å². The highest BCUT2D eigenvalue weighted by Gasteiger charge is 2.46. The minimum Gasteiger partial charge on any atom is -0.339 e. The number of hydrogen-bond acceptors (Lipinski definition) is 6. The second kappa shape index (κ2) is 5.89. The summed E-state index contributed by atoms with van der Waals surface area (Å²) in [4.78, 5) is 0. The first-order valence-corrected chi connectivity index (χ1v) is 7.22. The molecule has 1 rings (SSSR count). The van der Waals surface area contributed by atoms with Crippen LogP contribution in [0.4, 0.5) is 0 Å². The topological polar surface area (TPSA) is 43.2 Å². The van der Waals surface area contributed by atoms with Crippen molar-refractivity contribution in [3.05, 3.63) is 0 Å².